The molecule has 2 rings (SSSR count). The number of hydrogen-bond acceptors (Lipinski definition) is 3. The smallest absolute Gasteiger partial charge is 0.190 e. The summed E-state index contributed by atoms with van der Waals surface area (Å²) in [5, 5.41) is 19.7. The summed E-state index contributed by atoms with van der Waals surface area (Å²) in [6.45, 7) is 0. The van der Waals surface area contributed by atoms with Crippen LogP contribution in [0.5, 0.6) is 0 Å². The van der Waals surface area contributed by atoms with Gasteiger partial charge in [-0.25, -0.2) is 0 Å². The van der Waals surface area contributed by atoms with Crippen molar-refractivity contribution in [2.75, 3.05) is 0 Å². The van der Waals surface area contributed by atoms with E-state index in [9.17, 15) is 0 Å². The maximum atomic E-state index is 8.77. The van der Waals surface area contributed by atoms with Crippen molar-refractivity contribution in [1.29, 1.82) is 5.26 Å². The highest BCUT2D eigenvalue weighted by Gasteiger charge is 2.12. The van der Waals surface area contributed by atoms with Gasteiger partial charge in [0.25, 0.3) is 0 Å². The first kappa shape index (κ1) is 9.97. The molecule has 1 aromatic carbocycles. The molecule has 0 aliphatic rings. The van der Waals surface area contributed by atoms with Gasteiger partial charge >= 0.3 is 0 Å². The number of nitrogens with one attached hydrogen (secondary N) is 1. The Hall–Kier alpha value is -1.57. The monoisotopic (exact) mass is 238 g/mol. The third-order valence-corrected chi connectivity index (χ3v) is 2.39. The van der Waals surface area contributed by atoms with Gasteiger partial charge in [0.05, 0.1) is 5.02 Å². The molecule has 0 aliphatic carbocycles. The number of aromatic amines is 1. The Morgan fingerprint density at radius 3 is 2.73 bits per heavy atom. The molecular formula is C9H4Cl2N4. The Morgan fingerprint density at radius 1 is 1.27 bits per heavy atom. The van der Waals surface area contributed by atoms with Crippen LogP contribution in [0, 0.1) is 11.3 Å². The molecule has 1 aromatic heterocycles. The standard InChI is InChI=1S/C9H4Cl2N4/c10-5-1-2-6(7(11)3-5)9-8(4-12)13-15-14-9/h1-3H,(H,13,14,15). The summed E-state index contributed by atoms with van der Waals surface area (Å²) in [4.78, 5) is 0. The summed E-state index contributed by atoms with van der Waals surface area (Å²) in [7, 11) is 0. The van der Waals surface area contributed by atoms with Gasteiger partial charge in [0.15, 0.2) is 5.69 Å². The van der Waals surface area contributed by atoms with Crippen LogP contribution in [0.25, 0.3) is 11.3 Å². The first-order valence-corrected chi connectivity index (χ1v) is 4.74. The lowest BCUT2D eigenvalue weighted by molar-refractivity contribution is 0.937. The van der Waals surface area contributed by atoms with Crippen LogP contribution in [0.15, 0.2) is 18.2 Å². The van der Waals surface area contributed by atoms with E-state index in [1.807, 2.05) is 6.07 Å². The fraction of sp³-hybridized carbons (Fsp3) is 0. The number of nitriles is 1. The predicted molar refractivity (Wildman–Crippen MR) is 56.6 cm³/mol. The van der Waals surface area contributed by atoms with E-state index in [0.29, 0.717) is 21.3 Å². The summed E-state index contributed by atoms with van der Waals surface area (Å²) in [6, 6.07) is 6.89. The lowest BCUT2D eigenvalue weighted by atomic mass is 10.1. The number of halogens is 2. The summed E-state index contributed by atoms with van der Waals surface area (Å²) in [5.41, 5.74) is 1.27. The molecule has 2 aromatic rings. The van der Waals surface area contributed by atoms with Gasteiger partial charge in [-0.2, -0.15) is 15.6 Å². The minimum absolute atomic E-state index is 0.208. The van der Waals surface area contributed by atoms with E-state index in [1.54, 1.807) is 18.2 Å². The van der Waals surface area contributed by atoms with Crippen molar-refractivity contribution in [2.24, 2.45) is 0 Å². The second-order valence-corrected chi connectivity index (χ2v) is 3.60. The zero-order valence-corrected chi connectivity index (χ0v) is 8.84. The second kappa shape index (κ2) is 3.89. The van der Waals surface area contributed by atoms with E-state index in [2.05, 4.69) is 15.4 Å². The van der Waals surface area contributed by atoms with Crippen molar-refractivity contribution >= 4 is 23.2 Å². The van der Waals surface area contributed by atoms with Gasteiger partial charge in [0.2, 0.25) is 0 Å². The molecule has 1 heterocycles. The van der Waals surface area contributed by atoms with E-state index < -0.39 is 0 Å². The number of rotatable bonds is 1. The zero-order valence-electron chi connectivity index (χ0n) is 7.33. The molecule has 4 nitrogen and oxygen atoms in total. The molecule has 0 aliphatic heterocycles. The second-order valence-electron chi connectivity index (χ2n) is 2.76. The molecule has 0 spiro atoms. The Kier molecular flexibility index (Phi) is 2.58. The van der Waals surface area contributed by atoms with E-state index >= 15 is 0 Å². The molecule has 0 saturated heterocycles. The van der Waals surface area contributed by atoms with Crippen LogP contribution in [0.1, 0.15) is 5.69 Å². The van der Waals surface area contributed by atoms with E-state index in [4.69, 9.17) is 28.5 Å². The van der Waals surface area contributed by atoms with Crippen LogP contribution >= 0.6 is 23.2 Å². The minimum atomic E-state index is 0.208. The van der Waals surface area contributed by atoms with Crippen molar-refractivity contribution in [3.8, 4) is 17.3 Å². The molecule has 0 atom stereocenters. The average molecular weight is 239 g/mol. The Morgan fingerprint density at radius 2 is 2.07 bits per heavy atom. The Bertz CT molecular complexity index is 541. The summed E-state index contributed by atoms with van der Waals surface area (Å²) in [5.74, 6) is 0. The van der Waals surface area contributed by atoms with Crippen molar-refractivity contribution in [3.05, 3.63) is 33.9 Å². The summed E-state index contributed by atoms with van der Waals surface area (Å²) in [6.07, 6.45) is 0. The number of hydrogen-bond donors (Lipinski definition) is 1. The van der Waals surface area contributed by atoms with Gasteiger partial charge in [-0.3, -0.25) is 0 Å². The maximum Gasteiger partial charge on any atom is 0.190 e. The fourth-order valence-electron chi connectivity index (χ4n) is 1.18. The SMILES string of the molecule is N#Cc1n[nH]nc1-c1ccc(Cl)cc1Cl. The number of H-pyrrole nitrogens is 1. The first-order chi connectivity index (χ1) is 7.22. The van der Waals surface area contributed by atoms with Crippen LogP contribution in [-0.4, -0.2) is 15.4 Å². The number of aromatic nitrogens is 3. The van der Waals surface area contributed by atoms with Crippen LogP contribution in [0.4, 0.5) is 0 Å². The Balaban J connectivity index is 2.60. The van der Waals surface area contributed by atoms with Gasteiger partial charge in [0.1, 0.15) is 11.8 Å². The van der Waals surface area contributed by atoms with E-state index in [-0.39, 0.29) is 5.69 Å². The molecule has 6 heteroatoms. The van der Waals surface area contributed by atoms with E-state index in [1.165, 1.54) is 0 Å². The lowest BCUT2D eigenvalue weighted by Crippen LogP contribution is -1.84. The molecule has 0 radical (unpaired) electrons. The highest BCUT2D eigenvalue weighted by atomic mass is 35.5. The van der Waals surface area contributed by atoms with E-state index in [0.717, 1.165) is 0 Å². The van der Waals surface area contributed by atoms with Crippen molar-refractivity contribution in [1.82, 2.24) is 15.4 Å². The molecule has 0 saturated carbocycles. The van der Waals surface area contributed by atoms with Gasteiger partial charge in [-0.05, 0) is 18.2 Å². The van der Waals surface area contributed by atoms with Crippen molar-refractivity contribution in [2.45, 2.75) is 0 Å². The molecule has 15 heavy (non-hydrogen) atoms. The third-order valence-electron chi connectivity index (χ3n) is 1.84. The van der Waals surface area contributed by atoms with Gasteiger partial charge in [-0.1, -0.05) is 23.2 Å². The molecule has 0 fully saturated rings. The third kappa shape index (κ3) is 1.80. The molecule has 0 amide bonds. The summed E-state index contributed by atoms with van der Waals surface area (Å²) < 4.78 is 0. The van der Waals surface area contributed by atoms with Crippen LogP contribution in [-0.2, 0) is 0 Å². The van der Waals surface area contributed by atoms with Crippen LogP contribution in [0.3, 0.4) is 0 Å². The quantitative estimate of drug-likeness (QED) is 0.831. The highest BCUT2D eigenvalue weighted by Crippen LogP contribution is 2.29. The number of nitrogens with zero attached hydrogens (tertiary/aromatic N) is 3. The normalized spacial score (nSPS) is 9.93. The highest BCUT2D eigenvalue weighted by molar-refractivity contribution is 6.36. The number of benzene rings is 1. The predicted octanol–water partition coefficient (Wildman–Crippen LogP) is 2.65. The van der Waals surface area contributed by atoms with Gasteiger partial charge in [0, 0.05) is 10.6 Å². The first-order valence-electron chi connectivity index (χ1n) is 3.98. The lowest BCUT2D eigenvalue weighted by Gasteiger charge is -2.00. The van der Waals surface area contributed by atoms with Crippen LogP contribution < -0.4 is 0 Å². The molecule has 74 valence electrons. The fourth-order valence-corrected chi connectivity index (χ4v) is 1.68. The topological polar surface area (TPSA) is 65.4 Å². The zero-order chi connectivity index (χ0) is 10.8. The molecular weight excluding hydrogens is 235 g/mol. The van der Waals surface area contributed by atoms with Crippen LogP contribution in [0.2, 0.25) is 10.0 Å². The molecule has 1 N–H and O–H groups in total. The van der Waals surface area contributed by atoms with Crippen molar-refractivity contribution < 1.29 is 0 Å². The Labute approximate surface area is 95.4 Å². The van der Waals surface area contributed by atoms with Gasteiger partial charge < -0.3 is 0 Å². The average Bonchev–Trinajstić information content (AvgIpc) is 2.65. The summed E-state index contributed by atoms with van der Waals surface area (Å²) >= 11 is 11.7. The van der Waals surface area contributed by atoms with Crippen molar-refractivity contribution in [3.63, 3.8) is 0 Å². The molecule has 0 bridgehead atoms. The maximum absolute atomic E-state index is 8.77. The van der Waals surface area contributed by atoms with Gasteiger partial charge in [-0.15, -0.1) is 5.10 Å². The minimum Gasteiger partial charge on any atom is -0.196 e. The largest absolute Gasteiger partial charge is 0.196 e. The molecule has 0 unspecified atom stereocenters.